The van der Waals surface area contributed by atoms with Crippen molar-refractivity contribution in [2.45, 2.75) is 23.5 Å². The van der Waals surface area contributed by atoms with E-state index in [1.54, 1.807) is 0 Å². The maximum absolute atomic E-state index is 2.35. The second kappa shape index (κ2) is 6.77. The molecule has 1 aliphatic rings. The van der Waals surface area contributed by atoms with Gasteiger partial charge in [0.2, 0.25) is 0 Å². The van der Waals surface area contributed by atoms with Crippen molar-refractivity contribution in [1.82, 2.24) is 0 Å². The van der Waals surface area contributed by atoms with Crippen LogP contribution in [0.5, 0.6) is 0 Å². The summed E-state index contributed by atoms with van der Waals surface area (Å²) in [5.74, 6) is 0. The predicted octanol–water partition coefficient (Wildman–Crippen LogP) is 4.49. The first-order valence-electron chi connectivity index (χ1n) is 4.80. The van der Waals surface area contributed by atoms with E-state index in [4.69, 9.17) is 0 Å². The largest absolute Gasteiger partial charge is 0.107 e. The Morgan fingerprint density at radius 1 is 1.20 bits per heavy atom. The maximum Gasteiger partial charge on any atom is -0.107 e. The quantitative estimate of drug-likeness (QED) is 0.450. The zero-order valence-electron chi connectivity index (χ0n) is 8.69. The van der Waals surface area contributed by atoms with Crippen LogP contribution in [-0.4, -0.2) is 0 Å². The molecular weight excluding hydrogens is 446 g/mol. The van der Waals surface area contributed by atoms with Crippen molar-refractivity contribution in [2.75, 3.05) is 0 Å². The van der Waals surface area contributed by atoms with Crippen molar-refractivity contribution in [3.8, 4) is 0 Å². The van der Waals surface area contributed by atoms with Gasteiger partial charge in [0.25, 0.3) is 0 Å². The summed E-state index contributed by atoms with van der Waals surface area (Å²) in [6.45, 7) is 2.25. The Kier molecular flexibility index (Phi) is 7.28. The molecule has 1 aliphatic carbocycles. The van der Waals surface area contributed by atoms with E-state index in [0.717, 1.165) is 0 Å². The molecule has 1 aromatic rings. The van der Waals surface area contributed by atoms with E-state index in [1.165, 1.54) is 24.0 Å². The summed E-state index contributed by atoms with van der Waals surface area (Å²) in [5, 5.41) is 0. The Morgan fingerprint density at radius 3 is 2.53 bits per heavy atom. The van der Waals surface area contributed by atoms with Crippen LogP contribution in [0.15, 0.2) is 30.3 Å². The molecule has 0 saturated heterocycles. The van der Waals surface area contributed by atoms with Crippen molar-refractivity contribution in [3.63, 3.8) is 0 Å². The molecule has 0 fully saturated rings. The summed E-state index contributed by atoms with van der Waals surface area (Å²) in [5.41, 5.74) is 2.90. The molecule has 0 saturated carbocycles. The fraction of sp³-hybridized carbons (Fsp3) is 0.333. The van der Waals surface area contributed by atoms with Gasteiger partial charge in [0.1, 0.15) is 0 Å². The van der Waals surface area contributed by atoms with Crippen LogP contribution in [0, 0.1) is 0 Å². The first-order chi connectivity index (χ1) is 6.26. The number of fused-ring (bicyclic) bond motifs is 1. The van der Waals surface area contributed by atoms with Gasteiger partial charge in [-0.2, -0.15) is 0 Å². The van der Waals surface area contributed by atoms with Crippen LogP contribution in [0.4, 0.5) is 0 Å². The Hall–Kier alpha value is 1.13. The average Bonchev–Trinajstić information content (AvgIpc) is 2.46. The molecule has 15 heavy (non-hydrogen) atoms. The fourth-order valence-corrected chi connectivity index (χ4v) is 2.86. The minimum Gasteiger partial charge on any atom is -0.107 e. The normalized spacial score (nSPS) is 21.3. The van der Waals surface area contributed by atoms with Crippen LogP contribution in [0.25, 0.3) is 6.08 Å². The Bertz CT molecular complexity index is 349. The van der Waals surface area contributed by atoms with Gasteiger partial charge in [-0.3, -0.25) is 0 Å². The second-order valence-electron chi connectivity index (χ2n) is 3.64. The molecule has 0 spiro atoms. The third-order valence-electron chi connectivity index (χ3n) is 2.63. The van der Waals surface area contributed by atoms with Crippen LogP contribution in [0.3, 0.4) is 0 Å². The Morgan fingerprint density at radius 2 is 1.87 bits per heavy atom. The first-order valence-corrected chi connectivity index (χ1v) is 5.58. The number of benzene rings is 1. The van der Waals surface area contributed by atoms with Crippen molar-refractivity contribution in [2.24, 2.45) is 0 Å². The predicted molar refractivity (Wildman–Crippen MR) is 82.9 cm³/mol. The maximum atomic E-state index is 2.35. The molecule has 0 radical (unpaired) electrons. The smallest absolute Gasteiger partial charge is 0.107 e. The van der Waals surface area contributed by atoms with Crippen molar-refractivity contribution < 1.29 is 20.4 Å². The van der Waals surface area contributed by atoms with Gasteiger partial charge in [-0.05, 0) is 0 Å². The third-order valence-corrected chi connectivity index (χ3v) is 3.70. The molecule has 0 aromatic heterocycles. The van der Waals surface area contributed by atoms with Crippen LogP contribution in [-0.2, 0) is 24.2 Å². The van der Waals surface area contributed by atoms with Gasteiger partial charge < -0.3 is 0 Å². The molecule has 0 heterocycles. The van der Waals surface area contributed by atoms with Crippen LogP contribution in [0.1, 0.15) is 30.9 Å². The van der Waals surface area contributed by atoms with Crippen molar-refractivity contribution in [3.05, 3.63) is 41.5 Å². The minimum absolute atomic E-state index is 0. The molecule has 2 rings (SSSR count). The Labute approximate surface area is 138 Å². The number of halogens is 2. The van der Waals surface area contributed by atoms with Crippen molar-refractivity contribution in [1.29, 1.82) is 0 Å². The van der Waals surface area contributed by atoms with Crippen LogP contribution >= 0.6 is 48.0 Å². The van der Waals surface area contributed by atoms with E-state index in [2.05, 4.69) is 63.8 Å². The van der Waals surface area contributed by atoms with E-state index < -0.39 is 0 Å². The second-order valence-corrected chi connectivity index (χ2v) is 5.04. The van der Waals surface area contributed by atoms with Gasteiger partial charge in [-0.1, -0.05) is 0 Å². The van der Waals surface area contributed by atoms with Gasteiger partial charge in [0.15, 0.2) is 0 Å². The zero-order chi connectivity index (χ0) is 9.31. The summed E-state index contributed by atoms with van der Waals surface area (Å²) < 4.78 is 0.297. The minimum atomic E-state index is 0. The number of allylic oxidation sites excluding steroid dienone is 1. The molecule has 0 amide bonds. The summed E-state index contributed by atoms with van der Waals surface area (Å²) in [6.07, 6.45) is 7.10. The molecule has 1 unspecified atom stereocenters. The fourth-order valence-electron chi connectivity index (χ4n) is 1.98. The number of rotatable bonds is 2. The van der Waals surface area contributed by atoms with Crippen LogP contribution in [0.2, 0.25) is 0 Å². The van der Waals surface area contributed by atoms with E-state index in [-0.39, 0.29) is 48.0 Å². The molecular formula is C12H15I2Ti. The summed E-state index contributed by atoms with van der Waals surface area (Å²) in [7, 11) is 0. The summed E-state index contributed by atoms with van der Waals surface area (Å²) >= 11 is 2.33. The van der Waals surface area contributed by atoms with Crippen molar-refractivity contribution >= 4 is 54.0 Å². The SMILES string of the molecule is CCC[C]1([Ti])C=Cc2ccccc21.I.I. The van der Waals surface area contributed by atoms with E-state index in [0.29, 0.717) is 3.72 Å². The van der Waals surface area contributed by atoms with Crippen LogP contribution < -0.4 is 0 Å². The average molecular weight is 461 g/mol. The molecule has 81 valence electrons. The molecule has 1 atom stereocenters. The monoisotopic (exact) mass is 461 g/mol. The van der Waals surface area contributed by atoms with E-state index in [1.807, 2.05) is 0 Å². The summed E-state index contributed by atoms with van der Waals surface area (Å²) in [6, 6.07) is 8.71. The number of hydrogen-bond acceptors (Lipinski definition) is 0. The topological polar surface area (TPSA) is 0 Å². The Balaban J connectivity index is 0.000000980. The zero-order valence-corrected chi connectivity index (χ0v) is 14.9. The van der Waals surface area contributed by atoms with E-state index in [9.17, 15) is 0 Å². The molecule has 0 bridgehead atoms. The standard InChI is InChI=1S/C12H13.2HI.Ti/c1-2-5-10-8-9-11-6-3-4-7-12(10)11;;;/h3-4,6-9H,2,5H2,1H3;2*1H;. The van der Waals surface area contributed by atoms with E-state index >= 15 is 0 Å². The van der Waals surface area contributed by atoms with Gasteiger partial charge >= 0.3 is 91.5 Å². The molecule has 0 N–H and O–H groups in total. The van der Waals surface area contributed by atoms with Gasteiger partial charge in [-0.25, -0.2) is 0 Å². The number of hydrogen-bond donors (Lipinski definition) is 0. The summed E-state index contributed by atoms with van der Waals surface area (Å²) in [4.78, 5) is 0. The van der Waals surface area contributed by atoms with Gasteiger partial charge in [0.05, 0.1) is 0 Å². The molecule has 3 heteroatoms. The molecule has 0 nitrogen and oxygen atoms in total. The third kappa shape index (κ3) is 3.30. The van der Waals surface area contributed by atoms with Gasteiger partial charge in [-0.15, -0.1) is 48.0 Å². The molecule has 0 aliphatic heterocycles. The van der Waals surface area contributed by atoms with Gasteiger partial charge in [0, 0.05) is 0 Å². The molecule has 1 aromatic carbocycles. The first kappa shape index (κ1) is 16.1.